The van der Waals surface area contributed by atoms with Gasteiger partial charge in [0.1, 0.15) is 0 Å². The summed E-state index contributed by atoms with van der Waals surface area (Å²) in [6.07, 6.45) is 4.89. The number of carbonyl (C=O) groups excluding carboxylic acids is 4. The first-order valence-electron chi connectivity index (χ1n) is 9.88. The molecule has 0 amide bonds. The van der Waals surface area contributed by atoms with Crippen LogP contribution in [0.4, 0.5) is 0 Å². The van der Waals surface area contributed by atoms with Crippen molar-refractivity contribution < 1.29 is 53.2 Å². The van der Waals surface area contributed by atoms with Crippen molar-refractivity contribution in [1.29, 1.82) is 0 Å². The van der Waals surface area contributed by atoms with Crippen LogP contribution in [0.5, 0.6) is 0 Å². The zero-order valence-electron chi connectivity index (χ0n) is 17.5. The molecule has 176 valence electrons. The second-order valence-corrected chi connectivity index (χ2v) is 7.35. The molecule has 11 nitrogen and oxygen atoms in total. The van der Waals surface area contributed by atoms with Gasteiger partial charge in [0, 0.05) is 0 Å². The molecule has 1 heterocycles. The van der Waals surface area contributed by atoms with E-state index in [-0.39, 0.29) is 0 Å². The average molecular weight is 478 g/mol. The molecule has 0 bridgehead atoms. The number of allylic oxidation sites excluding steroid dienone is 2. The van der Waals surface area contributed by atoms with Gasteiger partial charge in [-0.3, -0.25) is 0 Å². The van der Waals surface area contributed by atoms with Gasteiger partial charge in [-0.05, 0) is 36.4 Å². The van der Waals surface area contributed by atoms with Crippen LogP contribution < -0.4 is 0 Å². The number of carboxylic acids is 2. The maximum atomic E-state index is 12.9. The van der Waals surface area contributed by atoms with E-state index in [0.29, 0.717) is 0 Å². The number of rotatable bonds is 6. The number of esters is 4. The highest BCUT2D eigenvalue weighted by molar-refractivity contribution is 6.12. The van der Waals surface area contributed by atoms with E-state index in [4.69, 9.17) is 14.2 Å². The summed E-state index contributed by atoms with van der Waals surface area (Å²) < 4.78 is 15.0. The zero-order chi connectivity index (χ0) is 25.4. The van der Waals surface area contributed by atoms with Crippen LogP contribution in [0.15, 0.2) is 72.8 Å². The molecule has 11 heteroatoms. The normalized spacial score (nSPS) is 21.4. The van der Waals surface area contributed by atoms with Gasteiger partial charge < -0.3 is 24.4 Å². The molecule has 2 unspecified atom stereocenters. The molecule has 2 aromatic rings. The lowest BCUT2D eigenvalue weighted by Gasteiger charge is -2.15. The molecule has 4 rings (SSSR count). The van der Waals surface area contributed by atoms with Crippen molar-refractivity contribution >= 4 is 35.8 Å². The number of carbonyl (C=O) groups is 6. The third-order valence-electron chi connectivity index (χ3n) is 5.34. The smallest absolute Gasteiger partial charge is 0.354 e. The third-order valence-corrected chi connectivity index (χ3v) is 5.34. The van der Waals surface area contributed by atoms with E-state index in [2.05, 4.69) is 0 Å². The van der Waals surface area contributed by atoms with Crippen LogP contribution in [-0.2, 0) is 23.8 Å². The van der Waals surface area contributed by atoms with Gasteiger partial charge in [0.05, 0.1) is 22.3 Å². The minimum atomic E-state index is -2.15. The lowest BCUT2D eigenvalue weighted by molar-refractivity contribution is -0.145. The van der Waals surface area contributed by atoms with Gasteiger partial charge in [-0.25, -0.2) is 28.8 Å². The fourth-order valence-electron chi connectivity index (χ4n) is 3.57. The number of fused-ring (bicyclic) bond motifs is 1. The van der Waals surface area contributed by atoms with Crippen molar-refractivity contribution in [2.75, 3.05) is 0 Å². The molecule has 35 heavy (non-hydrogen) atoms. The van der Waals surface area contributed by atoms with Crippen LogP contribution in [-0.4, -0.2) is 57.2 Å². The van der Waals surface area contributed by atoms with Crippen LogP contribution in [0.25, 0.3) is 0 Å². The lowest BCUT2D eigenvalue weighted by Crippen LogP contribution is -2.41. The summed E-state index contributed by atoms with van der Waals surface area (Å²) in [5, 5.41) is 18.5. The molecule has 2 N–H and O–H groups in total. The quantitative estimate of drug-likeness (QED) is 0.352. The Labute approximate surface area is 195 Å². The van der Waals surface area contributed by atoms with Crippen LogP contribution in [0.2, 0.25) is 0 Å². The first-order valence-corrected chi connectivity index (χ1v) is 9.88. The van der Waals surface area contributed by atoms with Crippen molar-refractivity contribution in [3.05, 3.63) is 95.1 Å². The average Bonchev–Trinajstić information content (AvgIpc) is 3.56. The maximum Gasteiger partial charge on any atom is 0.354 e. The predicted octanol–water partition coefficient (Wildman–Crippen LogP) is 1.78. The molecule has 0 saturated carbocycles. The molecule has 1 fully saturated rings. The predicted molar refractivity (Wildman–Crippen MR) is 112 cm³/mol. The van der Waals surface area contributed by atoms with Crippen LogP contribution in [0, 0.1) is 0 Å². The zero-order valence-corrected chi connectivity index (χ0v) is 17.5. The number of ether oxygens (including phenoxy) is 3. The molecule has 2 aromatic carbocycles. The molecule has 0 aromatic heterocycles. The topological polar surface area (TPSA) is 174 Å². The molecule has 1 aliphatic carbocycles. The molecular weight excluding hydrogens is 464 g/mol. The van der Waals surface area contributed by atoms with Crippen molar-refractivity contribution in [3.63, 3.8) is 0 Å². The highest BCUT2D eigenvalue weighted by Crippen LogP contribution is 2.54. The number of hydrogen-bond donors (Lipinski definition) is 2. The minimum absolute atomic E-state index is 0.408. The second kappa shape index (κ2) is 8.47. The van der Waals surface area contributed by atoms with Crippen molar-refractivity contribution in [2.45, 2.75) is 11.2 Å². The van der Waals surface area contributed by atoms with Crippen LogP contribution >= 0.6 is 0 Å². The Bertz CT molecular complexity index is 1270. The monoisotopic (exact) mass is 478 g/mol. The van der Waals surface area contributed by atoms with E-state index >= 15 is 0 Å². The Morgan fingerprint density at radius 3 is 1.29 bits per heavy atom. The van der Waals surface area contributed by atoms with Gasteiger partial charge >= 0.3 is 35.8 Å². The molecule has 1 saturated heterocycles. The Hall–Kier alpha value is -4.90. The van der Waals surface area contributed by atoms with Crippen molar-refractivity contribution in [1.82, 2.24) is 0 Å². The standard InChI is InChI=1S/C24H14O11/c25-17(26)13-7-1-3-9-15(13)19(29)33-21(31)23-11-5-6-12-24(23,35-23)22(32)34-20(30)16-10-4-2-8-14(16)18(27)28/h1-12H,(H,25,26)(H,27,28). The Kier molecular flexibility index (Phi) is 5.63. The van der Waals surface area contributed by atoms with E-state index in [1.54, 1.807) is 0 Å². The SMILES string of the molecule is O=C(O)c1ccccc1C(=O)OC(=O)C12C=CC=CC1(C(=O)OC(=O)c1ccccc1C(=O)O)O2. The van der Waals surface area contributed by atoms with Gasteiger partial charge in [0.15, 0.2) is 0 Å². The van der Waals surface area contributed by atoms with Gasteiger partial charge in [0.2, 0.25) is 11.2 Å². The van der Waals surface area contributed by atoms with E-state index in [9.17, 15) is 39.0 Å². The van der Waals surface area contributed by atoms with Crippen molar-refractivity contribution in [3.8, 4) is 0 Å². The molecule has 2 atom stereocenters. The Morgan fingerprint density at radius 2 is 0.943 bits per heavy atom. The number of hydrogen-bond acceptors (Lipinski definition) is 9. The van der Waals surface area contributed by atoms with E-state index in [1.807, 2.05) is 0 Å². The first-order chi connectivity index (χ1) is 16.6. The fourth-order valence-corrected chi connectivity index (χ4v) is 3.57. The highest BCUT2D eigenvalue weighted by atomic mass is 16.7. The summed E-state index contributed by atoms with van der Waals surface area (Å²) in [5.74, 6) is -8.14. The Balaban J connectivity index is 1.55. The molecule has 1 aliphatic heterocycles. The highest BCUT2D eigenvalue weighted by Gasteiger charge is 2.80. The summed E-state index contributed by atoms with van der Waals surface area (Å²) >= 11 is 0. The fraction of sp³-hybridized carbons (Fsp3) is 0.0833. The first kappa shape index (κ1) is 23.3. The van der Waals surface area contributed by atoms with E-state index in [0.717, 1.165) is 36.4 Å². The Morgan fingerprint density at radius 1 is 0.600 bits per heavy atom. The minimum Gasteiger partial charge on any atom is -0.478 e. The van der Waals surface area contributed by atoms with E-state index < -0.39 is 69.3 Å². The molecule has 2 aliphatic rings. The number of aromatic carboxylic acids is 2. The number of carboxylic acid groups (broad SMARTS) is 2. The van der Waals surface area contributed by atoms with Gasteiger partial charge in [-0.1, -0.05) is 36.4 Å². The van der Waals surface area contributed by atoms with Gasteiger partial charge in [0.25, 0.3) is 0 Å². The summed E-state index contributed by atoms with van der Waals surface area (Å²) in [4.78, 5) is 73.4. The largest absolute Gasteiger partial charge is 0.478 e. The number of epoxide rings is 1. The molecular formula is C24H14O11. The van der Waals surface area contributed by atoms with Crippen LogP contribution in [0.3, 0.4) is 0 Å². The summed E-state index contributed by atoms with van der Waals surface area (Å²) in [7, 11) is 0. The second-order valence-electron chi connectivity index (χ2n) is 7.35. The number of benzene rings is 2. The van der Waals surface area contributed by atoms with Gasteiger partial charge in [-0.15, -0.1) is 0 Å². The van der Waals surface area contributed by atoms with Crippen LogP contribution in [0.1, 0.15) is 41.4 Å². The van der Waals surface area contributed by atoms with E-state index in [1.165, 1.54) is 36.4 Å². The lowest BCUT2D eigenvalue weighted by atomic mass is 9.88. The van der Waals surface area contributed by atoms with Gasteiger partial charge in [-0.2, -0.15) is 0 Å². The molecule has 0 radical (unpaired) electrons. The maximum absolute atomic E-state index is 12.9. The summed E-state index contributed by atoms with van der Waals surface area (Å²) in [5.41, 5.74) is -5.94. The third kappa shape index (κ3) is 3.79. The van der Waals surface area contributed by atoms with Crippen molar-refractivity contribution in [2.24, 2.45) is 0 Å². The summed E-state index contributed by atoms with van der Waals surface area (Å²) in [6, 6.07) is 10.0. The summed E-state index contributed by atoms with van der Waals surface area (Å²) in [6.45, 7) is 0. The molecule has 0 spiro atoms.